The van der Waals surface area contributed by atoms with Crippen LogP contribution in [0.4, 0.5) is 0 Å². The second-order valence-corrected chi connectivity index (χ2v) is 7.14. The molecule has 0 amide bonds. The summed E-state index contributed by atoms with van der Waals surface area (Å²) in [5.41, 5.74) is 5.08. The SMILES string of the molecule is CCc1ccc(-c2csc(=NC(=N)c3ccccn3)n2-c2ccccc2)cc1. The Morgan fingerprint density at radius 2 is 1.75 bits per heavy atom. The first-order valence-corrected chi connectivity index (χ1v) is 10.0. The average molecular weight is 385 g/mol. The molecule has 0 atom stereocenters. The van der Waals surface area contributed by atoms with Gasteiger partial charge in [-0.05, 0) is 41.8 Å². The number of thiazole rings is 1. The standard InChI is InChI=1S/C23H20N4S/c1-2-17-11-13-18(14-12-17)21-16-28-23(27(21)19-8-4-3-5-9-19)26-22(24)20-10-6-7-15-25-20/h3-16,24H,2H2,1H3. The first-order chi connectivity index (χ1) is 13.8. The number of pyridine rings is 1. The molecule has 4 rings (SSSR count). The number of hydrogen-bond acceptors (Lipinski definition) is 3. The Bertz CT molecular complexity index is 1140. The van der Waals surface area contributed by atoms with E-state index in [-0.39, 0.29) is 5.84 Å². The van der Waals surface area contributed by atoms with E-state index in [1.807, 2.05) is 30.3 Å². The first-order valence-electron chi connectivity index (χ1n) is 9.16. The quantitative estimate of drug-likeness (QED) is 0.387. The molecule has 2 heterocycles. The van der Waals surface area contributed by atoms with E-state index < -0.39 is 0 Å². The lowest BCUT2D eigenvalue weighted by molar-refractivity contribution is 1.01. The maximum atomic E-state index is 8.36. The third kappa shape index (κ3) is 3.70. The van der Waals surface area contributed by atoms with E-state index in [4.69, 9.17) is 5.41 Å². The molecule has 2 aromatic carbocycles. The number of aryl methyl sites for hydroxylation is 1. The molecule has 4 nitrogen and oxygen atoms in total. The first kappa shape index (κ1) is 18.1. The summed E-state index contributed by atoms with van der Waals surface area (Å²) in [6, 6.07) is 24.3. The van der Waals surface area contributed by atoms with Gasteiger partial charge in [-0.3, -0.25) is 15.0 Å². The molecule has 2 aromatic heterocycles. The molecule has 0 radical (unpaired) electrons. The Hall–Kier alpha value is -3.31. The van der Waals surface area contributed by atoms with Crippen LogP contribution >= 0.6 is 11.3 Å². The van der Waals surface area contributed by atoms with Gasteiger partial charge in [-0.15, -0.1) is 11.3 Å². The lowest BCUT2D eigenvalue weighted by Gasteiger charge is -2.10. The monoisotopic (exact) mass is 384 g/mol. The van der Waals surface area contributed by atoms with Crippen LogP contribution in [0.25, 0.3) is 16.9 Å². The maximum absolute atomic E-state index is 8.36. The topological polar surface area (TPSA) is 54.0 Å². The number of nitrogens with one attached hydrogen (secondary N) is 1. The molecule has 0 bridgehead atoms. The number of rotatable bonds is 4. The van der Waals surface area contributed by atoms with Crippen molar-refractivity contribution < 1.29 is 0 Å². The maximum Gasteiger partial charge on any atom is 0.196 e. The highest BCUT2D eigenvalue weighted by molar-refractivity contribution is 7.07. The van der Waals surface area contributed by atoms with Gasteiger partial charge < -0.3 is 0 Å². The fourth-order valence-electron chi connectivity index (χ4n) is 2.98. The number of para-hydroxylation sites is 1. The molecule has 0 aliphatic carbocycles. The molecule has 0 saturated heterocycles. The van der Waals surface area contributed by atoms with Gasteiger partial charge in [0.05, 0.1) is 5.69 Å². The van der Waals surface area contributed by atoms with Gasteiger partial charge in [0.1, 0.15) is 5.69 Å². The van der Waals surface area contributed by atoms with Crippen molar-refractivity contribution in [1.29, 1.82) is 5.41 Å². The normalized spacial score (nSPS) is 11.5. The average Bonchev–Trinajstić information content (AvgIpc) is 3.18. The smallest absolute Gasteiger partial charge is 0.196 e. The fourth-order valence-corrected chi connectivity index (χ4v) is 3.90. The summed E-state index contributed by atoms with van der Waals surface area (Å²) in [4.78, 5) is 9.57. The van der Waals surface area contributed by atoms with Crippen LogP contribution in [-0.4, -0.2) is 15.4 Å². The summed E-state index contributed by atoms with van der Waals surface area (Å²) >= 11 is 1.53. The number of nitrogens with zero attached hydrogens (tertiary/aromatic N) is 3. The van der Waals surface area contributed by atoms with Crippen molar-refractivity contribution in [2.24, 2.45) is 4.99 Å². The number of hydrogen-bond donors (Lipinski definition) is 1. The Labute approximate surface area is 168 Å². The lowest BCUT2D eigenvalue weighted by atomic mass is 10.1. The molecule has 4 aromatic rings. The Balaban J connectivity index is 1.87. The number of benzene rings is 2. The van der Waals surface area contributed by atoms with Gasteiger partial charge >= 0.3 is 0 Å². The van der Waals surface area contributed by atoms with Crippen LogP contribution in [0.2, 0.25) is 0 Å². The molecule has 1 N–H and O–H groups in total. The summed E-state index contributed by atoms with van der Waals surface area (Å²) in [7, 11) is 0. The Morgan fingerprint density at radius 1 is 1.00 bits per heavy atom. The molecule has 0 fully saturated rings. The Morgan fingerprint density at radius 3 is 2.43 bits per heavy atom. The van der Waals surface area contributed by atoms with Crippen LogP contribution in [0, 0.1) is 5.41 Å². The van der Waals surface area contributed by atoms with Crippen LogP contribution in [0.3, 0.4) is 0 Å². The fraction of sp³-hybridized carbons (Fsp3) is 0.0870. The third-order valence-corrected chi connectivity index (χ3v) is 5.32. The van der Waals surface area contributed by atoms with Crippen LogP contribution in [-0.2, 0) is 6.42 Å². The minimum atomic E-state index is 0.153. The molecule has 0 spiro atoms. The van der Waals surface area contributed by atoms with Crippen LogP contribution in [0.1, 0.15) is 18.2 Å². The zero-order valence-electron chi connectivity index (χ0n) is 15.5. The van der Waals surface area contributed by atoms with Gasteiger partial charge in [-0.25, -0.2) is 0 Å². The van der Waals surface area contributed by atoms with Crippen molar-refractivity contribution in [1.82, 2.24) is 9.55 Å². The van der Waals surface area contributed by atoms with E-state index in [0.717, 1.165) is 28.2 Å². The molecular weight excluding hydrogens is 364 g/mol. The predicted octanol–water partition coefficient (Wildman–Crippen LogP) is 5.09. The van der Waals surface area contributed by atoms with E-state index in [0.29, 0.717) is 5.69 Å². The highest BCUT2D eigenvalue weighted by Gasteiger charge is 2.11. The lowest BCUT2D eigenvalue weighted by Crippen LogP contribution is -2.16. The number of aromatic nitrogens is 2. The zero-order chi connectivity index (χ0) is 19.3. The van der Waals surface area contributed by atoms with E-state index in [9.17, 15) is 0 Å². The summed E-state index contributed by atoms with van der Waals surface area (Å²) < 4.78 is 2.10. The molecule has 5 heteroatoms. The van der Waals surface area contributed by atoms with Crippen molar-refractivity contribution in [2.45, 2.75) is 13.3 Å². The zero-order valence-corrected chi connectivity index (χ0v) is 16.4. The molecule has 28 heavy (non-hydrogen) atoms. The van der Waals surface area contributed by atoms with Crippen molar-refractivity contribution in [3.63, 3.8) is 0 Å². The van der Waals surface area contributed by atoms with Gasteiger partial charge in [0.15, 0.2) is 10.6 Å². The highest BCUT2D eigenvalue weighted by atomic mass is 32.1. The second kappa shape index (κ2) is 8.15. The Kier molecular flexibility index (Phi) is 5.26. The molecule has 0 unspecified atom stereocenters. The minimum absolute atomic E-state index is 0.153. The third-order valence-electron chi connectivity index (χ3n) is 4.50. The van der Waals surface area contributed by atoms with Gasteiger partial charge in [0, 0.05) is 17.3 Å². The number of amidine groups is 1. The van der Waals surface area contributed by atoms with Crippen LogP contribution < -0.4 is 4.80 Å². The molecule has 0 aliphatic heterocycles. The van der Waals surface area contributed by atoms with Crippen molar-refractivity contribution in [3.05, 3.63) is 100 Å². The van der Waals surface area contributed by atoms with Crippen LogP contribution in [0.15, 0.2) is 89.4 Å². The van der Waals surface area contributed by atoms with Crippen molar-refractivity contribution in [2.75, 3.05) is 0 Å². The molecule has 138 valence electrons. The second-order valence-electron chi connectivity index (χ2n) is 6.30. The summed E-state index contributed by atoms with van der Waals surface area (Å²) in [5.74, 6) is 0.153. The molecule has 0 saturated carbocycles. The predicted molar refractivity (Wildman–Crippen MR) is 115 cm³/mol. The van der Waals surface area contributed by atoms with Gasteiger partial charge in [0.25, 0.3) is 0 Å². The van der Waals surface area contributed by atoms with Gasteiger partial charge in [-0.1, -0.05) is 55.5 Å². The van der Waals surface area contributed by atoms with Gasteiger partial charge in [0.2, 0.25) is 0 Å². The summed E-state index contributed by atoms with van der Waals surface area (Å²) in [6.07, 6.45) is 2.70. The summed E-state index contributed by atoms with van der Waals surface area (Å²) in [6.45, 7) is 2.16. The van der Waals surface area contributed by atoms with Crippen molar-refractivity contribution >= 4 is 17.2 Å². The molecule has 0 aliphatic rings. The largest absolute Gasteiger partial charge is 0.285 e. The molecular formula is C23H20N4S. The van der Waals surface area contributed by atoms with E-state index in [1.54, 1.807) is 12.3 Å². The minimum Gasteiger partial charge on any atom is -0.285 e. The van der Waals surface area contributed by atoms with E-state index in [1.165, 1.54) is 16.9 Å². The highest BCUT2D eigenvalue weighted by Crippen LogP contribution is 2.24. The van der Waals surface area contributed by atoms with Crippen molar-refractivity contribution in [3.8, 4) is 16.9 Å². The summed E-state index contributed by atoms with van der Waals surface area (Å²) in [5, 5.41) is 10.5. The van der Waals surface area contributed by atoms with E-state index >= 15 is 0 Å². The van der Waals surface area contributed by atoms with Gasteiger partial charge in [-0.2, -0.15) is 4.99 Å². The van der Waals surface area contributed by atoms with Crippen LogP contribution in [0.5, 0.6) is 0 Å². The van der Waals surface area contributed by atoms with E-state index in [2.05, 4.69) is 63.2 Å².